The van der Waals surface area contributed by atoms with E-state index in [0.717, 1.165) is 28.1 Å². The summed E-state index contributed by atoms with van der Waals surface area (Å²) >= 11 is 5.90. The van der Waals surface area contributed by atoms with Gasteiger partial charge in [0.05, 0.1) is 18.7 Å². The Kier molecular flexibility index (Phi) is 7.28. The van der Waals surface area contributed by atoms with Gasteiger partial charge in [-0.3, -0.25) is 14.6 Å². The molecule has 2 amide bonds. The molecule has 4 rings (SSSR count). The molecule has 1 heterocycles. The van der Waals surface area contributed by atoms with Crippen LogP contribution in [0.4, 0.5) is 5.69 Å². The van der Waals surface area contributed by atoms with E-state index in [1.54, 1.807) is 31.2 Å². The molecule has 1 aliphatic heterocycles. The van der Waals surface area contributed by atoms with E-state index in [4.69, 9.17) is 16.6 Å². The van der Waals surface area contributed by atoms with Crippen molar-refractivity contribution in [2.75, 3.05) is 18.5 Å². The van der Waals surface area contributed by atoms with Gasteiger partial charge in [-0.1, -0.05) is 72.3 Å². The van der Waals surface area contributed by atoms with Crippen LogP contribution in [0.2, 0.25) is 5.02 Å². The number of hydrogen-bond acceptors (Lipinski definition) is 4. The molecule has 0 bridgehead atoms. The number of benzene rings is 3. The molecule has 0 fully saturated rings. The molecular weight excluding hydrogens is 448 g/mol. The highest BCUT2D eigenvalue weighted by Gasteiger charge is 2.25. The van der Waals surface area contributed by atoms with Crippen LogP contribution < -0.4 is 15.5 Å². The number of likely N-dealkylation sites (N-methyl/N-ethyl adjacent to an activating group) is 1. The first kappa shape index (κ1) is 23.5. The van der Waals surface area contributed by atoms with E-state index in [2.05, 4.69) is 21.6 Å². The van der Waals surface area contributed by atoms with Crippen molar-refractivity contribution in [1.82, 2.24) is 10.6 Å². The molecule has 0 spiro atoms. The van der Waals surface area contributed by atoms with Gasteiger partial charge in [0, 0.05) is 28.9 Å². The van der Waals surface area contributed by atoms with Crippen molar-refractivity contribution >= 4 is 34.8 Å². The minimum atomic E-state index is -0.703. The van der Waals surface area contributed by atoms with Crippen LogP contribution in [-0.4, -0.2) is 43.3 Å². The second-order valence-corrected chi connectivity index (χ2v) is 8.79. The highest BCUT2D eigenvalue weighted by Crippen LogP contribution is 2.26. The lowest BCUT2D eigenvalue weighted by molar-refractivity contribution is -0.128. The third-order valence-corrected chi connectivity index (χ3v) is 5.96. The fourth-order valence-corrected chi connectivity index (χ4v) is 4.10. The zero-order valence-corrected chi connectivity index (χ0v) is 19.9. The largest absolute Gasteiger partial charge is 0.370 e. The first-order chi connectivity index (χ1) is 16.4. The topological polar surface area (TPSA) is 73.8 Å². The number of aliphatic imine (C=N–C) groups is 1. The number of para-hydroxylation sites is 1. The molecule has 1 unspecified atom stereocenters. The first-order valence-corrected chi connectivity index (χ1v) is 11.6. The Morgan fingerprint density at radius 1 is 1.03 bits per heavy atom. The molecule has 174 valence electrons. The van der Waals surface area contributed by atoms with Crippen LogP contribution in [0, 0.1) is 0 Å². The molecule has 0 aliphatic carbocycles. The summed E-state index contributed by atoms with van der Waals surface area (Å²) in [5, 5.41) is 6.39. The summed E-state index contributed by atoms with van der Waals surface area (Å²) in [5.41, 5.74) is 4.69. The van der Waals surface area contributed by atoms with Gasteiger partial charge in [-0.25, -0.2) is 0 Å². The van der Waals surface area contributed by atoms with Gasteiger partial charge in [0.25, 0.3) is 0 Å². The SMILES string of the molecule is CC(NC(=O)Cc1ccc(Cl)cc1)C(=O)N[C@@H]1CN(C)c2ccccc2C(c2ccccc2)=N1. The van der Waals surface area contributed by atoms with Crippen molar-refractivity contribution in [2.45, 2.75) is 25.6 Å². The van der Waals surface area contributed by atoms with Crippen molar-refractivity contribution in [3.05, 3.63) is 101 Å². The van der Waals surface area contributed by atoms with Crippen LogP contribution in [0.3, 0.4) is 0 Å². The zero-order chi connectivity index (χ0) is 24.1. The minimum Gasteiger partial charge on any atom is -0.370 e. The zero-order valence-electron chi connectivity index (χ0n) is 19.2. The molecule has 1 aliphatic rings. The van der Waals surface area contributed by atoms with E-state index in [-0.39, 0.29) is 18.2 Å². The molecule has 3 aromatic rings. The number of anilines is 1. The van der Waals surface area contributed by atoms with Crippen LogP contribution in [0.1, 0.15) is 23.6 Å². The molecule has 0 saturated heterocycles. The van der Waals surface area contributed by atoms with Crippen molar-refractivity contribution in [3.8, 4) is 0 Å². The average Bonchev–Trinajstić information content (AvgIpc) is 2.97. The Bertz CT molecular complexity index is 1190. The number of nitrogens with one attached hydrogen (secondary N) is 2. The van der Waals surface area contributed by atoms with E-state index in [9.17, 15) is 9.59 Å². The van der Waals surface area contributed by atoms with E-state index >= 15 is 0 Å². The number of amides is 2. The number of nitrogens with zero attached hydrogens (tertiary/aromatic N) is 2. The maximum Gasteiger partial charge on any atom is 0.243 e. The number of halogens is 1. The summed E-state index contributed by atoms with van der Waals surface area (Å²) in [6, 6.07) is 24.4. The summed E-state index contributed by atoms with van der Waals surface area (Å²) < 4.78 is 0. The Morgan fingerprint density at radius 2 is 1.71 bits per heavy atom. The number of carbonyl (C=O) groups excluding carboxylic acids is 2. The quantitative estimate of drug-likeness (QED) is 0.570. The van der Waals surface area contributed by atoms with Gasteiger partial charge >= 0.3 is 0 Å². The lowest BCUT2D eigenvalue weighted by Crippen LogP contribution is -2.50. The number of carbonyl (C=O) groups is 2. The van der Waals surface area contributed by atoms with Crippen molar-refractivity contribution in [1.29, 1.82) is 0 Å². The maximum absolute atomic E-state index is 12.9. The standard InChI is InChI=1S/C27H27ClN4O2/c1-18(29-25(33)16-19-12-14-21(28)15-13-19)27(34)31-24-17-32(2)23-11-7-6-10-22(23)26(30-24)20-8-4-3-5-9-20/h3-15,18,24H,16-17H2,1-2H3,(H,29,33)(H,31,34)/t18?,24-/m1/s1. The van der Waals surface area contributed by atoms with Gasteiger partial charge in [-0.2, -0.15) is 0 Å². The van der Waals surface area contributed by atoms with Crippen molar-refractivity contribution in [3.63, 3.8) is 0 Å². The van der Waals surface area contributed by atoms with Crippen LogP contribution in [0.25, 0.3) is 0 Å². The fourth-order valence-electron chi connectivity index (χ4n) is 3.97. The van der Waals surface area contributed by atoms with E-state index in [0.29, 0.717) is 11.6 Å². The van der Waals surface area contributed by atoms with E-state index in [1.165, 1.54) is 0 Å². The average molecular weight is 475 g/mol. The van der Waals surface area contributed by atoms with Gasteiger partial charge in [-0.05, 0) is 30.7 Å². The maximum atomic E-state index is 12.9. The van der Waals surface area contributed by atoms with Crippen LogP contribution in [0.5, 0.6) is 0 Å². The smallest absolute Gasteiger partial charge is 0.243 e. The van der Waals surface area contributed by atoms with Crippen molar-refractivity contribution < 1.29 is 9.59 Å². The Hall–Kier alpha value is -3.64. The minimum absolute atomic E-state index is 0.173. The van der Waals surface area contributed by atoms with Gasteiger partial charge in [-0.15, -0.1) is 0 Å². The Morgan fingerprint density at radius 3 is 2.44 bits per heavy atom. The van der Waals surface area contributed by atoms with Gasteiger partial charge in [0.1, 0.15) is 12.2 Å². The van der Waals surface area contributed by atoms with Crippen LogP contribution in [-0.2, 0) is 16.0 Å². The third kappa shape index (κ3) is 5.64. The Labute approximate surface area is 204 Å². The molecule has 2 atom stereocenters. The summed E-state index contributed by atoms with van der Waals surface area (Å²) in [5.74, 6) is -0.520. The van der Waals surface area contributed by atoms with E-state index < -0.39 is 12.2 Å². The highest BCUT2D eigenvalue weighted by molar-refractivity contribution is 6.30. The van der Waals surface area contributed by atoms with Crippen LogP contribution >= 0.6 is 11.6 Å². The van der Waals surface area contributed by atoms with Gasteiger partial charge in [0.2, 0.25) is 11.8 Å². The molecule has 0 aromatic heterocycles. The first-order valence-electron chi connectivity index (χ1n) is 11.2. The second-order valence-electron chi connectivity index (χ2n) is 8.36. The second kappa shape index (κ2) is 10.5. The molecule has 34 heavy (non-hydrogen) atoms. The molecule has 7 heteroatoms. The lowest BCUT2D eigenvalue weighted by Gasteiger charge is -2.24. The summed E-state index contributed by atoms with van der Waals surface area (Å²) in [6.45, 7) is 2.18. The monoisotopic (exact) mass is 474 g/mol. The predicted molar refractivity (Wildman–Crippen MR) is 136 cm³/mol. The van der Waals surface area contributed by atoms with E-state index in [1.807, 2.05) is 55.6 Å². The summed E-state index contributed by atoms with van der Waals surface area (Å²) in [7, 11) is 1.98. The van der Waals surface area contributed by atoms with Crippen molar-refractivity contribution in [2.24, 2.45) is 4.99 Å². The van der Waals surface area contributed by atoms with Gasteiger partial charge in [0.15, 0.2) is 0 Å². The number of benzodiazepines with no additional fused rings is 1. The Balaban J connectivity index is 1.48. The molecular formula is C27H27ClN4O2. The number of rotatable bonds is 6. The highest BCUT2D eigenvalue weighted by atomic mass is 35.5. The predicted octanol–water partition coefficient (Wildman–Crippen LogP) is 3.82. The van der Waals surface area contributed by atoms with Gasteiger partial charge < -0.3 is 15.5 Å². The molecule has 0 saturated carbocycles. The van der Waals surface area contributed by atoms with Crippen LogP contribution in [0.15, 0.2) is 83.9 Å². The number of hydrogen-bond donors (Lipinski definition) is 2. The lowest BCUT2D eigenvalue weighted by atomic mass is 10.0. The number of fused-ring (bicyclic) bond motifs is 1. The normalized spacial score (nSPS) is 16.0. The molecule has 0 radical (unpaired) electrons. The molecule has 3 aromatic carbocycles. The third-order valence-electron chi connectivity index (χ3n) is 5.71. The molecule has 2 N–H and O–H groups in total. The fraction of sp³-hybridized carbons (Fsp3) is 0.222. The summed E-state index contributed by atoms with van der Waals surface area (Å²) in [4.78, 5) is 32.4. The molecule has 6 nitrogen and oxygen atoms in total. The summed E-state index contributed by atoms with van der Waals surface area (Å²) in [6.07, 6.45) is -0.303.